The molecule has 1 saturated heterocycles. The first-order valence-corrected chi connectivity index (χ1v) is 6.58. The Kier molecular flexibility index (Phi) is 3.53. The Bertz CT molecular complexity index is 387. The number of carboxylic acids is 1. The van der Waals surface area contributed by atoms with Crippen molar-refractivity contribution in [1.29, 1.82) is 0 Å². The van der Waals surface area contributed by atoms with Gasteiger partial charge in [0.2, 0.25) is 0 Å². The number of nitrogens with zero attached hydrogens (tertiary/aromatic N) is 1. The average molecular weight is 255 g/mol. The summed E-state index contributed by atoms with van der Waals surface area (Å²) in [7, 11) is 0.356. The second-order valence-corrected chi connectivity index (χ2v) is 6.57. The summed E-state index contributed by atoms with van der Waals surface area (Å²) in [4.78, 5) is 11.1. The first-order chi connectivity index (χ1) is 7.62. The van der Waals surface area contributed by atoms with Gasteiger partial charge in [0, 0.05) is 18.1 Å². The second-order valence-electron chi connectivity index (χ2n) is 3.99. The van der Waals surface area contributed by atoms with Crippen LogP contribution in [0.4, 0.5) is 0 Å². The molecule has 0 amide bonds. The lowest BCUT2D eigenvalue weighted by atomic mass is 10.2. The van der Waals surface area contributed by atoms with E-state index in [1.165, 1.54) is 0 Å². The van der Waals surface area contributed by atoms with Crippen LogP contribution in [0.2, 0.25) is 0 Å². The van der Waals surface area contributed by atoms with Crippen LogP contribution in [-0.4, -0.2) is 27.3 Å². The van der Waals surface area contributed by atoms with Gasteiger partial charge in [-0.25, -0.2) is 4.79 Å². The summed E-state index contributed by atoms with van der Waals surface area (Å²) in [5.74, 6) is -0.754. The summed E-state index contributed by atoms with van der Waals surface area (Å²) in [6, 6.07) is 9.52. The first kappa shape index (κ1) is 11.9. The molecule has 1 N–H and O–H groups in total. The third-order valence-corrected chi connectivity index (χ3v) is 5.06. The minimum Gasteiger partial charge on any atom is -0.492 e. The predicted octanol–water partition coefficient (Wildman–Crippen LogP) is 1.43. The van der Waals surface area contributed by atoms with Crippen molar-refractivity contribution in [3.05, 3.63) is 30.3 Å². The standard InChI is InChI=1S/C11H14NO2PS/c13-11(14)10-7-4-8-12(10,16)15-9-5-2-1-3-6-9/h1-3,5-6,10,15H,4,7-8H2,(H,13,14)/t10-,12?/m0/s1. The van der Waals surface area contributed by atoms with Crippen LogP contribution in [0.5, 0.6) is 0 Å². The minimum absolute atomic E-state index is 0.249. The van der Waals surface area contributed by atoms with Crippen molar-refractivity contribution in [2.75, 3.05) is 6.54 Å². The molecule has 1 aromatic carbocycles. The zero-order chi connectivity index (χ0) is 11.6. The number of quaternary nitrogens is 1. The lowest BCUT2D eigenvalue weighted by Gasteiger charge is -2.43. The van der Waals surface area contributed by atoms with Crippen LogP contribution in [0.1, 0.15) is 12.8 Å². The normalized spacial score (nSPS) is 29.9. The highest BCUT2D eigenvalue weighted by Crippen LogP contribution is 2.38. The smallest absolute Gasteiger partial charge is 0.361 e. The number of aliphatic carboxylic acids is 1. The zero-order valence-electron chi connectivity index (χ0n) is 8.80. The van der Waals surface area contributed by atoms with Gasteiger partial charge in [-0.05, 0) is 12.1 Å². The van der Waals surface area contributed by atoms with E-state index in [0.29, 0.717) is 15.2 Å². The van der Waals surface area contributed by atoms with Crippen molar-refractivity contribution in [2.45, 2.75) is 18.9 Å². The van der Waals surface area contributed by atoms with E-state index in [1.807, 2.05) is 30.3 Å². The molecule has 2 unspecified atom stereocenters. The maximum absolute atomic E-state index is 11.1. The minimum atomic E-state index is -0.754. The molecule has 1 aliphatic rings. The zero-order valence-corrected chi connectivity index (χ0v) is 10.6. The number of benzene rings is 1. The van der Waals surface area contributed by atoms with E-state index < -0.39 is 12.0 Å². The molecule has 0 bridgehead atoms. The van der Waals surface area contributed by atoms with Crippen molar-refractivity contribution in [3.63, 3.8) is 0 Å². The van der Waals surface area contributed by atoms with Gasteiger partial charge in [-0.2, -0.15) is 0 Å². The largest absolute Gasteiger partial charge is 0.492 e. The van der Waals surface area contributed by atoms with E-state index in [9.17, 15) is 4.79 Å². The van der Waals surface area contributed by atoms with Gasteiger partial charge in [0.25, 0.3) is 0 Å². The topological polar surface area (TPSA) is 37.3 Å². The molecule has 16 heavy (non-hydrogen) atoms. The number of carboxylic acid groups (broad SMARTS) is 1. The van der Waals surface area contributed by atoms with Gasteiger partial charge in [0.15, 0.2) is 6.04 Å². The Morgan fingerprint density at radius 3 is 2.75 bits per heavy atom. The lowest BCUT2D eigenvalue weighted by Crippen LogP contribution is -2.44. The first-order valence-electron chi connectivity index (χ1n) is 5.27. The van der Waals surface area contributed by atoms with Crippen LogP contribution in [-0.2, 0) is 17.6 Å². The van der Waals surface area contributed by atoms with E-state index in [1.54, 1.807) is 0 Å². The number of hydrogen-bond donors (Lipinski definition) is 1. The van der Waals surface area contributed by atoms with E-state index in [-0.39, 0.29) is 3.66 Å². The van der Waals surface area contributed by atoms with E-state index >= 15 is 0 Å². The molecule has 5 heteroatoms. The van der Waals surface area contributed by atoms with Crippen molar-refractivity contribution < 1.29 is 13.6 Å². The highest BCUT2D eigenvalue weighted by molar-refractivity contribution is 7.60. The Hall–Kier alpha value is -0.570. The lowest BCUT2D eigenvalue weighted by molar-refractivity contribution is -0.658. The molecule has 0 aromatic heterocycles. The number of carbonyl (C=O) groups is 1. The SMILES string of the molecule is O=C(O)[C@@H]1CCC[N+]1([S-])Pc1ccccc1. The molecular weight excluding hydrogens is 241 g/mol. The van der Waals surface area contributed by atoms with Crippen LogP contribution in [0, 0.1) is 0 Å². The number of hydrogen-bond acceptors (Lipinski definition) is 2. The fraction of sp³-hybridized carbons (Fsp3) is 0.364. The molecule has 2 rings (SSSR count). The maximum atomic E-state index is 11.1. The Labute approximate surface area is 102 Å². The third-order valence-electron chi connectivity index (χ3n) is 2.85. The molecule has 0 radical (unpaired) electrons. The molecule has 86 valence electrons. The summed E-state index contributed by atoms with van der Waals surface area (Å²) in [5, 5.41) is 10.3. The van der Waals surface area contributed by atoms with Gasteiger partial charge in [-0.15, -0.1) is 0 Å². The van der Waals surface area contributed by atoms with Crippen molar-refractivity contribution in [1.82, 2.24) is 0 Å². The van der Waals surface area contributed by atoms with Gasteiger partial charge in [0.05, 0.1) is 6.54 Å². The molecule has 1 aromatic rings. The van der Waals surface area contributed by atoms with Crippen molar-refractivity contribution in [3.8, 4) is 0 Å². The van der Waals surface area contributed by atoms with Crippen molar-refractivity contribution in [2.24, 2.45) is 0 Å². The van der Waals surface area contributed by atoms with E-state index in [4.69, 9.17) is 17.9 Å². The van der Waals surface area contributed by atoms with Crippen LogP contribution in [0.15, 0.2) is 30.3 Å². The third kappa shape index (κ3) is 2.40. The fourth-order valence-electron chi connectivity index (χ4n) is 2.05. The van der Waals surface area contributed by atoms with Crippen LogP contribution < -0.4 is 5.30 Å². The highest BCUT2D eigenvalue weighted by Gasteiger charge is 2.38. The molecule has 0 saturated carbocycles. The van der Waals surface area contributed by atoms with E-state index in [2.05, 4.69) is 0 Å². The van der Waals surface area contributed by atoms with Crippen LogP contribution in [0.25, 0.3) is 0 Å². The van der Waals surface area contributed by atoms with Crippen LogP contribution >= 0.6 is 8.73 Å². The van der Waals surface area contributed by atoms with Gasteiger partial charge < -0.3 is 21.6 Å². The second kappa shape index (κ2) is 4.74. The summed E-state index contributed by atoms with van der Waals surface area (Å²) < 4.78 is 0.249. The monoisotopic (exact) mass is 255 g/mol. The van der Waals surface area contributed by atoms with Gasteiger partial charge >= 0.3 is 5.97 Å². The van der Waals surface area contributed by atoms with Crippen LogP contribution in [0.3, 0.4) is 0 Å². The fourth-order valence-corrected chi connectivity index (χ4v) is 4.14. The van der Waals surface area contributed by atoms with Gasteiger partial charge in [-0.1, -0.05) is 18.2 Å². The molecule has 3 atom stereocenters. The summed E-state index contributed by atoms with van der Waals surface area (Å²) in [5.41, 5.74) is 0. The maximum Gasteiger partial charge on any atom is 0.361 e. The molecule has 1 heterocycles. The molecule has 0 spiro atoms. The summed E-state index contributed by atoms with van der Waals surface area (Å²) in [6.45, 7) is 0.791. The summed E-state index contributed by atoms with van der Waals surface area (Å²) in [6.07, 6.45) is 1.62. The van der Waals surface area contributed by atoms with E-state index in [0.717, 1.165) is 18.3 Å². The molecule has 1 aliphatic heterocycles. The molecular formula is C11H14NO2PS. The van der Waals surface area contributed by atoms with Gasteiger partial charge in [-0.3, -0.25) is 0 Å². The molecule has 1 fully saturated rings. The highest BCUT2D eigenvalue weighted by atomic mass is 32.1. The Morgan fingerprint density at radius 2 is 2.12 bits per heavy atom. The Balaban J connectivity index is 2.16. The molecule has 3 nitrogen and oxygen atoms in total. The average Bonchev–Trinajstić information content (AvgIpc) is 2.61. The number of rotatable bonds is 3. The quantitative estimate of drug-likeness (QED) is 0.656. The van der Waals surface area contributed by atoms with Gasteiger partial charge in [0.1, 0.15) is 8.73 Å². The summed E-state index contributed by atoms with van der Waals surface area (Å²) >= 11 is 5.52. The predicted molar refractivity (Wildman–Crippen MR) is 67.5 cm³/mol. The molecule has 0 aliphatic carbocycles. The Morgan fingerprint density at radius 1 is 1.44 bits per heavy atom. The van der Waals surface area contributed by atoms with Crippen molar-refractivity contribution >= 4 is 32.8 Å².